The van der Waals surface area contributed by atoms with Gasteiger partial charge in [0, 0.05) is 13.1 Å². The van der Waals surface area contributed by atoms with E-state index in [9.17, 15) is 14.3 Å². The van der Waals surface area contributed by atoms with Gasteiger partial charge in [-0.3, -0.25) is 4.79 Å². The van der Waals surface area contributed by atoms with Gasteiger partial charge in [-0.2, -0.15) is 5.26 Å². The van der Waals surface area contributed by atoms with E-state index in [1.165, 1.54) is 4.90 Å². The number of nitriles is 1. The molecule has 0 aliphatic rings. The zero-order chi connectivity index (χ0) is 14.6. The van der Waals surface area contributed by atoms with Gasteiger partial charge in [0.15, 0.2) is 0 Å². The Hall–Kier alpha value is -1.80. The van der Waals surface area contributed by atoms with Crippen LogP contribution in [0.3, 0.4) is 0 Å². The molecule has 0 heterocycles. The average Bonchev–Trinajstić information content (AvgIpc) is 2.38. The number of nitrogens with zero attached hydrogens (tertiary/aromatic N) is 2. The van der Waals surface area contributed by atoms with Crippen LogP contribution in [-0.4, -0.2) is 29.0 Å². The predicted octanol–water partition coefficient (Wildman–Crippen LogP) is 2.81. The van der Waals surface area contributed by atoms with Crippen LogP contribution in [0.5, 0.6) is 5.75 Å². The number of carbonyl (C=O) groups excluding carboxylic acids is 1. The molecule has 6 heteroatoms. The minimum Gasteiger partial charge on any atom is -0.506 e. The number of benzene rings is 1. The lowest BCUT2D eigenvalue weighted by Gasteiger charge is -2.22. The molecule has 0 aliphatic carbocycles. The summed E-state index contributed by atoms with van der Waals surface area (Å²) >= 11 is 5.63. The van der Waals surface area contributed by atoms with Crippen molar-refractivity contribution in [2.45, 2.75) is 13.8 Å². The van der Waals surface area contributed by atoms with Crippen LogP contribution >= 0.6 is 11.6 Å². The molecule has 0 spiro atoms. The third kappa shape index (κ3) is 3.58. The second-order valence-corrected chi connectivity index (χ2v) is 4.56. The lowest BCUT2D eigenvalue weighted by atomic mass is 10.1. The van der Waals surface area contributed by atoms with Crippen molar-refractivity contribution in [3.05, 3.63) is 28.5 Å². The van der Waals surface area contributed by atoms with Gasteiger partial charge >= 0.3 is 0 Å². The molecule has 0 radical (unpaired) electrons. The van der Waals surface area contributed by atoms with Crippen molar-refractivity contribution in [2.75, 3.05) is 13.1 Å². The van der Waals surface area contributed by atoms with Crippen LogP contribution in [0.1, 0.15) is 24.2 Å². The van der Waals surface area contributed by atoms with Crippen molar-refractivity contribution in [1.29, 1.82) is 5.26 Å². The maximum absolute atomic E-state index is 13.2. The molecule has 1 amide bonds. The summed E-state index contributed by atoms with van der Waals surface area (Å²) in [4.78, 5) is 13.5. The molecular formula is C13H14ClFN2O2. The van der Waals surface area contributed by atoms with Gasteiger partial charge in [0.2, 0.25) is 0 Å². The minimum atomic E-state index is -0.699. The van der Waals surface area contributed by atoms with Crippen LogP contribution in [0.25, 0.3) is 0 Å². The predicted molar refractivity (Wildman–Crippen MR) is 69.4 cm³/mol. The van der Waals surface area contributed by atoms with E-state index in [1.54, 1.807) is 13.8 Å². The van der Waals surface area contributed by atoms with Gasteiger partial charge in [-0.15, -0.1) is 0 Å². The number of aromatic hydroxyl groups is 1. The molecule has 1 N–H and O–H groups in total. The molecule has 1 aromatic carbocycles. The first-order chi connectivity index (χ1) is 8.90. The van der Waals surface area contributed by atoms with Crippen LogP contribution in [-0.2, 0) is 0 Å². The Labute approximate surface area is 116 Å². The molecule has 0 bridgehead atoms. The van der Waals surface area contributed by atoms with Gasteiger partial charge in [0.25, 0.3) is 5.91 Å². The van der Waals surface area contributed by atoms with Gasteiger partial charge in [-0.05, 0) is 26.0 Å². The monoisotopic (exact) mass is 284 g/mol. The fourth-order valence-corrected chi connectivity index (χ4v) is 1.83. The van der Waals surface area contributed by atoms with E-state index in [2.05, 4.69) is 0 Å². The topological polar surface area (TPSA) is 64.3 Å². The molecular weight excluding hydrogens is 271 g/mol. The molecule has 0 fully saturated rings. The molecule has 0 saturated heterocycles. The molecule has 1 aromatic rings. The van der Waals surface area contributed by atoms with E-state index in [0.29, 0.717) is 6.54 Å². The second kappa shape index (κ2) is 6.39. The highest BCUT2D eigenvalue weighted by atomic mass is 35.5. The first-order valence-electron chi connectivity index (χ1n) is 5.77. The van der Waals surface area contributed by atoms with Gasteiger partial charge < -0.3 is 10.0 Å². The van der Waals surface area contributed by atoms with Crippen molar-refractivity contribution >= 4 is 17.5 Å². The van der Waals surface area contributed by atoms with Crippen LogP contribution in [0.15, 0.2) is 12.1 Å². The number of amides is 1. The summed E-state index contributed by atoms with van der Waals surface area (Å²) in [6.07, 6.45) is 0. The normalized spacial score (nSPS) is 11.7. The first kappa shape index (κ1) is 15.3. The fourth-order valence-electron chi connectivity index (χ4n) is 1.63. The first-order valence-corrected chi connectivity index (χ1v) is 6.15. The number of rotatable bonds is 4. The van der Waals surface area contributed by atoms with E-state index in [4.69, 9.17) is 16.9 Å². The third-order valence-electron chi connectivity index (χ3n) is 2.64. The van der Waals surface area contributed by atoms with Gasteiger partial charge in [-0.25, -0.2) is 4.39 Å². The molecule has 19 heavy (non-hydrogen) atoms. The largest absolute Gasteiger partial charge is 0.506 e. The summed E-state index contributed by atoms with van der Waals surface area (Å²) < 4.78 is 13.2. The van der Waals surface area contributed by atoms with Crippen molar-refractivity contribution in [3.63, 3.8) is 0 Å². The number of halogens is 2. The Morgan fingerprint density at radius 1 is 1.63 bits per heavy atom. The second-order valence-electron chi connectivity index (χ2n) is 4.16. The van der Waals surface area contributed by atoms with E-state index < -0.39 is 17.5 Å². The molecule has 0 aliphatic heterocycles. The van der Waals surface area contributed by atoms with Gasteiger partial charge in [0.05, 0.1) is 22.6 Å². The van der Waals surface area contributed by atoms with E-state index in [-0.39, 0.29) is 23.0 Å². The standard InChI is InChI=1S/C13H14ClFN2O2/c1-3-17(7-8(2)6-16)13(19)10-4-9(15)5-11(14)12(10)18/h4-5,8,18H,3,7H2,1-2H3. The van der Waals surface area contributed by atoms with Crippen molar-refractivity contribution in [1.82, 2.24) is 4.90 Å². The molecule has 0 saturated carbocycles. The van der Waals surface area contributed by atoms with Crippen LogP contribution in [0.4, 0.5) is 4.39 Å². The number of phenols is 1. The number of carbonyl (C=O) groups is 1. The number of phenolic OH excluding ortho intramolecular Hbond substituents is 1. The fraction of sp³-hybridized carbons (Fsp3) is 0.385. The molecule has 1 unspecified atom stereocenters. The molecule has 0 aromatic heterocycles. The van der Waals surface area contributed by atoms with Gasteiger partial charge in [0.1, 0.15) is 11.6 Å². The highest BCUT2D eigenvalue weighted by Gasteiger charge is 2.22. The molecule has 4 nitrogen and oxygen atoms in total. The summed E-state index contributed by atoms with van der Waals surface area (Å²) in [6.45, 7) is 3.96. The zero-order valence-corrected chi connectivity index (χ0v) is 11.4. The Balaban J connectivity index is 3.08. The zero-order valence-electron chi connectivity index (χ0n) is 10.7. The molecule has 1 atom stereocenters. The summed E-state index contributed by atoms with van der Waals surface area (Å²) in [5.41, 5.74) is -0.197. The lowest BCUT2D eigenvalue weighted by Crippen LogP contribution is -2.34. The Morgan fingerprint density at radius 2 is 2.26 bits per heavy atom. The Kier molecular flexibility index (Phi) is 5.13. The lowest BCUT2D eigenvalue weighted by molar-refractivity contribution is 0.0749. The van der Waals surface area contributed by atoms with Gasteiger partial charge in [-0.1, -0.05) is 11.6 Å². The van der Waals surface area contributed by atoms with E-state index in [1.807, 2.05) is 6.07 Å². The number of hydrogen-bond acceptors (Lipinski definition) is 3. The van der Waals surface area contributed by atoms with E-state index >= 15 is 0 Å². The SMILES string of the molecule is CCN(CC(C)C#N)C(=O)c1cc(F)cc(Cl)c1O. The highest BCUT2D eigenvalue weighted by molar-refractivity contribution is 6.32. The average molecular weight is 285 g/mol. The van der Waals surface area contributed by atoms with Crippen LogP contribution in [0, 0.1) is 23.1 Å². The van der Waals surface area contributed by atoms with Crippen molar-refractivity contribution in [2.24, 2.45) is 5.92 Å². The van der Waals surface area contributed by atoms with Crippen molar-refractivity contribution in [3.8, 4) is 11.8 Å². The summed E-state index contributed by atoms with van der Waals surface area (Å²) in [5, 5.41) is 18.3. The van der Waals surface area contributed by atoms with Crippen LogP contribution in [0.2, 0.25) is 5.02 Å². The quantitative estimate of drug-likeness (QED) is 0.924. The minimum absolute atomic E-state index is 0.197. The van der Waals surface area contributed by atoms with Crippen LogP contribution < -0.4 is 0 Å². The molecule has 1 rings (SSSR count). The Morgan fingerprint density at radius 3 is 2.79 bits per heavy atom. The Bertz CT molecular complexity index is 528. The molecule has 102 valence electrons. The summed E-state index contributed by atoms with van der Waals surface area (Å²) in [5.74, 6) is -2.05. The summed E-state index contributed by atoms with van der Waals surface area (Å²) in [7, 11) is 0. The third-order valence-corrected chi connectivity index (χ3v) is 2.93. The summed E-state index contributed by atoms with van der Waals surface area (Å²) in [6, 6.07) is 3.88. The van der Waals surface area contributed by atoms with E-state index in [0.717, 1.165) is 12.1 Å². The smallest absolute Gasteiger partial charge is 0.257 e. The maximum atomic E-state index is 13.2. The number of hydrogen-bond donors (Lipinski definition) is 1. The highest BCUT2D eigenvalue weighted by Crippen LogP contribution is 2.29. The maximum Gasteiger partial charge on any atom is 0.257 e. The van der Waals surface area contributed by atoms with Crippen molar-refractivity contribution < 1.29 is 14.3 Å².